The van der Waals surface area contributed by atoms with Gasteiger partial charge in [0.25, 0.3) is 25.6 Å². The lowest BCUT2D eigenvalue weighted by atomic mass is 9.89. The highest BCUT2D eigenvalue weighted by atomic mass is 32.3. The summed E-state index contributed by atoms with van der Waals surface area (Å²) in [7, 11) is -13.8. The minimum atomic E-state index is -6.89. The molecule has 1 rings (SSSR count). The fourth-order valence-corrected chi connectivity index (χ4v) is 6.10. The Morgan fingerprint density at radius 2 is 1.37 bits per heavy atom. The largest absolute Gasteiger partial charge is 0.498 e. The molecule has 0 heterocycles. The summed E-state index contributed by atoms with van der Waals surface area (Å²) >= 11 is 0. The third-order valence-electron chi connectivity index (χ3n) is 4.05. The smallest absolute Gasteiger partial charge is 0.342 e. The molecule has 0 bridgehead atoms. The minimum absolute atomic E-state index is 0.181. The molecule has 1 aromatic rings. The Hall–Kier alpha value is -2.16. The van der Waals surface area contributed by atoms with Crippen LogP contribution in [0.15, 0.2) is 30.3 Å². The van der Waals surface area contributed by atoms with E-state index in [9.17, 15) is 48.0 Å². The topological polar surface area (TPSA) is 121 Å². The van der Waals surface area contributed by atoms with Gasteiger partial charge in [0.1, 0.15) is 0 Å². The minimum Gasteiger partial charge on any atom is -0.342 e. The van der Waals surface area contributed by atoms with Crippen LogP contribution >= 0.6 is 0 Å². The van der Waals surface area contributed by atoms with Gasteiger partial charge in [-0.05, 0) is 19.4 Å². The molecule has 0 aromatic heterocycles. The van der Waals surface area contributed by atoms with E-state index in [1.807, 2.05) is 5.32 Å². The van der Waals surface area contributed by atoms with Crippen molar-refractivity contribution >= 4 is 31.3 Å². The van der Waals surface area contributed by atoms with Gasteiger partial charge in [0, 0.05) is 6.42 Å². The van der Waals surface area contributed by atoms with Crippen molar-refractivity contribution in [3.63, 3.8) is 0 Å². The summed E-state index contributed by atoms with van der Waals surface area (Å²) in [6, 6.07) is 6.24. The zero-order chi connectivity index (χ0) is 23.8. The first-order valence-electron chi connectivity index (χ1n) is 7.81. The first-order valence-corrected chi connectivity index (χ1v) is 10.9. The predicted molar refractivity (Wildman–Crippen MR) is 93.7 cm³/mol. The molecule has 1 aromatic carbocycles. The van der Waals surface area contributed by atoms with E-state index >= 15 is 0 Å². The molecule has 7 nitrogen and oxygen atoms in total. The Morgan fingerprint density at radius 1 is 0.967 bits per heavy atom. The highest BCUT2D eigenvalue weighted by Gasteiger charge is 2.64. The molecule has 1 atom stereocenters. The van der Waals surface area contributed by atoms with Crippen molar-refractivity contribution in [2.24, 2.45) is 0 Å². The van der Waals surface area contributed by atoms with Crippen molar-refractivity contribution < 1.29 is 48.0 Å². The number of hydrogen-bond donors (Lipinski definition) is 2. The van der Waals surface area contributed by atoms with Crippen LogP contribution in [0, 0.1) is 5.41 Å². The Kier molecular flexibility index (Phi) is 7.05. The van der Waals surface area contributed by atoms with Crippen LogP contribution in [0.1, 0.15) is 25.8 Å². The van der Waals surface area contributed by atoms with Crippen LogP contribution in [0.4, 0.5) is 26.3 Å². The van der Waals surface area contributed by atoms with Gasteiger partial charge >= 0.3 is 11.0 Å². The number of rotatable bonds is 7. The van der Waals surface area contributed by atoms with Crippen molar-refractivity contribution in [3.8, 4) is 0 Å². The van der Waals surface area contributed by atoms with Crippen LogP contribution in [0.25, 0.3) is 0 Å². The molecule has 0 saturated heterocycles. The fourth-order valence-electron chi connectivity index (χ4n) is 2.41. The van der Waals surface area contributed by atoms with Crippen molar-refractivity contribution in [2.75, 3.05) is 0 Å². The van der Waals surface area contributed by atoms with E-state index in [0.717, 1.165) is 26.0 Å². The number of alkyl halides is 6. The summed E-state index contributed by atoms with van der Waals surface area (Å²) in [6.45, 7) is 1.81. The molecular formula is C15H16F6N2O5S2. The summed E-state index contributed by atoms with van der Waals surface area (Å²) < 4.78 is 121. The number of sulfone groups is 2. The van der Waals surface area contributed by atoms with Crippen LogP contribution in [-0.2, 0) is 30.0 Å². The van der Waals surface area contributed by atoms with Gasteiger partial charge < -0.3 is 5.32 Å². The second-order valence-corrected chi connectivity index (χ2v) is 10.9. The highest BCUT2D eigenvalue weighted by molar-refractivity contribution is 8.09. The highest BCUT2D eigenvalue weighted by Crippen LogP contribution is 2.41. The fraction of sp³-hybridized carbons (Fsp3) is 0.467. The molecule has 0 saturated carbocycles. The van der Waals surface area contributed by atoms with E-state index in [0.29, 0.717) is 0 Å². The number of hydrogen-bond acceptors (Lipinski definition) is 6. The number of carbonyl (C=O) groups excluding carboxylic acids is 1. The maximum Gasteiger partial charge on any atom is 0.498 e. The molecule has 2 N–H and O–H groups in total. The van der Waals surface area contributed by atoms with Gasteiger partial charge in [-0.3, -0.25) is 10.2 Å². The quantitative estimate of drug-likeness (QED) is 0.457. The van der Waals surface area contributed by atoms with Crippen LogP contribution in [0.3, 0.4) is 0 Å². The van der Waals surface area contributed by atoms with Crippen LogP contribution in [0.5, 0.6) is 0 Å². The van der Waals surface area contributed by atoms with Crippen molar-refractivity contribution in [1.29, 1.82) is 5.41 Å². The van der Waals surface area contributed by atoms with Gasteiger partial charge in [0.15, 0.2) is 4.58 Å². The molecule has 0 fully saturated rings. The molecule has 0 aliphatic rings. The van der Waals surface area contributed by atoms with E-state index in [4.69, 9.17) is 5.41 Å². The zero-order valence-corrected chi connectivity index (χ0v) is 16.9. The molecule has 30 heavy (non-hydrogen) atoms. The molecule has 0 aliphatic heterocycles. The molecular weight excluding hydrogens is 466 g/mol. The number of halogens is 6. The maximum absolute atomic E-state index is 13.0. The standard InChI is InChI=1S/C15H16F6N2O5S2/c1-9(22)12(24)23-13(2,10-6-4-3-5-7-10)8-11(29(25,26)14(16,17)18)30(27,28)15(19,20)21/h3-7,11,22H,8H2,1-2H3,(H,23,24). The van der Waals surface area contributed by atoms with E-state index in [-0.39, 0.29) is 5.56 Å². The second kappa shape index (κ2) is 8.17. The summed E-state index contributed by atoms with van der Waals surface area (Å²) in [4.78, 5) is 11.9. The first kappa shape index (κ1) is 25.9. The lowest BCUT2D eigenvalue weighted by Gasteiger charge is -2.34. The Bertz CT molecular complexity index is 976. The second-order valence-electron chi connectivity index (χ2n) is 6.39. The number of benzene rings is 1. The monoisotopic (exact) mass is 482 g/mol. The summed E-state index contributed by atoms with van der Waals surface area (Å²) in [6.07, 6.45) is -1.82. The summed E-state index contributed by atoms with van der Waals surface area (Å²) in [5.74, 6) is -1.26. The lowest BCUT2D eigenvalue weighted by Crippen LogP contribution is -2.53. The Labute approximate surface area is 167 Å². The van der Waals surface area contributed by atoms with Gasteiger partial charge in [-0.2, -0.15) is 26.3 Å². The Morgan fingerprint density at radius 3 is 1.70 bits per heavy atom. The van der Waals surface area contributed by atoms with Crippen LogP contribution in [0.2, 0.25) is 0 Å². The number of carbonyl (C=O) groups is 1. The Balaban J connectivity index is 3.77. The molecule has 1 unspecified atom stereocenters. The SMILES string of the molecule is CC(=N)C(=O)NC(C)(CC(S(=O)(=O)C(F)(F)F)S(=O)(=O)C(F)(F)F)c1ccccc1. The maximum atomic E-state index is 13.0. The molecule has 170 valence electrons. The zero-order valence-electron chi connectivity index (χ0n) is 15.3. The van der Waals surface area contributed by atoms with E-state index < -0.39 is 58.9 Å². The average molecular weight is 482 g/mol. The van der Waals surface area contributed by atoms with E-state index in [2.05, 4.69) is 0 Å². The van der Waals surface area contributed by atoms with Gasteiger partial charge in [-0.25, -0.2) is 16.8 Å². The van der Waals surface area contributed by atoms with Crippen molar-refractivity contribution in [1.82, 2.24) is 5.32 Å². The molecule has 15 heteroatoms. The number of amides is 1. The third-order valence-corrected chi connectivity index (χ3v) is 8.58. The number of nitrogens with one attached hydrogen (secondary N) is 2. The summed E-state index contributed by atoms with van der Waals surface area (Å²) in [5, 5.41) is 9.22. The van der Waals surface area contributed by atoms with Gasteiger partial charge in [-0.1, -0.05) is 30.3 Å². The van der Waals surface area contributed by atoms with Gasteiger partial charge in [0.2, 0.25) is 0 Å². The van der Waals surface area contributed by atoms with E-state index in [1.54, 1.807) is 0 Å². The van der Waals surface area contributed by atoms with Gasteiger partial charge in [0.05, 0.1) is 11.3 Å². The molecule has 0 spiro atoms. The molecule has 0 radical (unpaired) electrons. The normalized spacial score (nSPS) is 15.5. The van der Waals surface area contributed by atoms with Crippen molar-refractivity contribution in [3.05, 3.63) is 35.9 Å². The van der Waals surface area contributed by atoms with Gasteiger partial charge in [-0.15, -0.1) is 0 Å². The van der Waals surface area contributed by atoms with Crippen LogP contribution < -0.4 is 5.32 Å². The lowest BCUT2D eigenvalue weighted by molar-refractivity contribution is -0.116. The molecule has 1 amide bonds. The average Bonchev–Trinajstić information content (AvgIpc) is 2.58. The van der Waals surface area contributed by atoms with E-state index in [1.165, 1.54) is 18.2 Å². The van der Waals surface area contributed by atoms with Crippen molar-refractivity contribution in [2.45, 2.75) is 41.4 Å². The van der Waals surface area contributed by atoms with Crippen LogP contribution in [-0.4, -0.2) is 44.1 Å². The molecule has 0 aliphatic carbocycles. The third kappa shape index (κ3) is 5.11. The first-order chi connectivity index (χ1) is 13.3. The summed E-state index contributed by atoms with van der Waals surface area (Å²) in [5.41, 5.74) is -15.9. The predicted octanol–water partition coefficient (Wildman–Crippen LogP) is 2.64.